The number of rotatable bonds is 13. The Hall–Kier alpha value is -3.95. The standard InChI is InChI=1S/C36H40BrN3O4S/c1-5-28(4)38-36(42)34(23-29-12-8-6-9-13-29)39(24-30-17-19-31(37)20-18-30)35(41)25-40(32-21-16-26(2)27(3)22-32)45(43,44)33-14-10-7-11-15-33/h6-22,28,34H,5,23-25H2,1-4H3,(H,38,42)/t28-,34-/m1/s1. The fourth-order valence-electron chi connectivity index (χ4n) is 4.91. The van der Waals surface area contributed by atoms with Crippen LogP contribution in [0.3, 0.4) is 0 Å². The molecule has 4 aromatic carbocycles. The Balaban J connectivity index is 1.81. The monoisotopic (exact) mass is 689 g/mol. The molecule has 2 atom stereocenters. The lowest BCUT2D eigenvalue weighted by Crippen LogP contribution is -2.54. The number of carbonyl (C=O) groups excluding carboxylic acids is 2. The highest BCUT2D eigenvalue weighted by atomic mass is 79.9. The molecule has 0 saturated heterocycles. The molecule has 0 aliphatic carbocycles. The van der Waals surface area contributed by atoms with Crippen molar-refractivity contribution >= 4 is 43.5 Å². The van der Waals surface area contributed by atoms with Gasteiger partial charge in [0.05, 0.1) is 10.6 Å². The molecule has 236 valence electrons. The summed E-state index contributed by atoms with van der Waals surface area (Å²) in [5, 5.41) is 3.06. The number of benzene rings is 4. The van der Waals surface area contributed by atoms with Gasteiger partial charge in [0.15, 0.2) is 0 Å². The third kappa shape index (κ3) is 8.83. The van der Waals surface area contributed by atoms with Crippen molar-refractivity contribution in [3.63, 3.8) is 0 Å². The molecule has 0 aliphatic rings. The van der Waals surface area contributed by atoms with Gasteiger partial charge in [-0.2, -0.15) is 0 Å². The Bertz CT molecular complexity index is 1700. The van der Waals surface area contributed by atoms with Crippen LogP contribution in [0.15, 0.2) is 112 Å². The molecule has 45 heavy (non-hydrogen) atoms. The lowest BCUT2D eigenvalue weighted by Gasteiger charge is -2.34. The Morgan fingerprint density at radius 3 is 2.04 bits per heavy atom. The van der Waals surface area contributed by atoms with E-state index in [0.717, 1.165) is 37.5 Å². The summed E-state index contributed by atoms with van der Waals surface area (Å²) >= 11 is 3.47. The SMILES string of the molecule is CC[C@@H](C)NC(=O)[C@@H](Cc1ccccc1)N(Cc1ccc(Br)cc1)C(=O)CN(c1ccc(C)c(C)c1)S(=O)(=O)c1ccccc1. The minimum Gasteiger partial charge on any atom is -0.352 e. The van der Waals surface area contributed by atoms with Gasteiger partial charge < -0.3 is 10.2 Å². The van der Waals surface area contributed by atoms with Gasteiger partial charge in [-0.25, -0.2) is 8.42 Å². The molecular formula is C36H40BrN3O4S. The second-order valence-corrected chi connectivity index (χ2v) is 14.0. The molecule has 7 nitrogen and oxygen atoms in total. The highest BCUT2D eigenvalue weighted by Gasteiger charge is 2.35. The second-order valence-electron chi connectivity index (χ2n) is 11.3. The predicted octanol–water partition coefficient (Wildman–Crippen LogP) is 6.82. The topological polar surface area (TPSA) is 86.8 Å². The van der Waals surface area contributed by atoms with Crippen LogP contribution in [0.25, 0.3) is 0 Å². The number of nitrogens with one attached hydrogen (secondary N) is 1. The third-order valence-corrected chi connectivity index (χ3v) is 10.2. The first-order chi connectivity index (χ1) is 21.5. The minimum atomic E-state index is -4.14. The van der Waals surface area contributed by atoms with E-state index in [2.05, 4.69) is 21.2 Å². The molecule has 0 saturated carbocycles. The summed E-state index contributed by atoms with van der Waals surface area (Å²) in [6.45, 7) is 7.39. The van der Waals surface area contributed by atoms with E-state index in [-0.39, 0.29) is 29.8 Å². The van der Waals surface area contributed by atoms with Crippen molar-refractivity contribution in [2.24, 2.45) is 0 Å². The second kappa shape index (κ2) is 15.4. The van der Waals surface area contributed by atoms with Gasteiger partial charge in [0.2, 0.25) is 11.8 Å². The molecule has 0 spiro atoms. The number of nitrogens with zero attached hydrogens (tertiary/aromatic N) is 2. The summed E-state index contributed by atoms with van der Waals surface area (Å²) in [7, 11) is -4.14. The highest BCUT2D eigenvalue weighted by Crippen LogP contribution is 2.27. The first-order valence-corrected chi connectivity index (χ1v) is 17.3. The Morgan fingerprint density at radius 2 is 1.44 bits per heavy atom. The van der Waals surface area contributed by atoms with Gasteiger partial charge in [-0.05, 0) is 85.8 Å². The van der Waals surface area contributed by atoms with Gasteiger partial charge in [-0.1, -0.05) is 89.6 Å². The van der Waals surface area contributed by atoms with Crippen molar-refractivity contribution in [2.45, 2.75) is 64.1 Å². The maximum atomic E-state index is 14.6. The van der Waals surface area contributed by atoms with E-state index in [1.165, 1.54) is 17.0 Å². The summed E-state index contributed by atoms with van der Waals surface area (Å²) in [6.07, 6.45) is 0.987. The zero-order chi connectivity index (χ0) is 32.6. The number of sulfonamides is 1. The van der Waals surface area contributed by atoms with E-state index in [1.54, 1.807) is 30.3 Å². The number of hydrogen-bond acceptors (Lipinski definition) is 4. The maximum Gasteiger partial charge on any atom is 0.264 e. The molecular weight excluding hydrogens is 650 g/mol. The van der Waals surface area contributed by atoms with Crippen LogP contribution in [0.2, 0.25) is 0 Å². The predicted molar refractivity (Wildman–Crippen MR) is 183 cm³/mol. The van der Waals surface area contributed by atoms with Gasteiger partial charge in [0, 0.05) is 23.5 Å². The van der Waals surface area contributed by atoms with Gasteiger partial charge in [0.25, 0.3) is 10.0 Å². The van der Waals surface area contributed by atoms with Crippen molar-refractivity contribution in [1.82, 2.24) is 10.2 Å². The number of halogens is 1. The van der Waals surface area contributed by atoms with E-state index in [1.807, 2.05) is 88.4 Å². The fraction of sp³-hybridized carbons (Fsp3) is 0.278. The van der Waals surface area contributed by atoms with Crippen LogP contribution in [0.4, 0.5) is 5.69 Å². The molecule has 4 aromatic rings. The van der Waals surface area contributed by atoms with Crippen LogP contribution in [-0.4, -0.2) is 43.8 Å². The van der Waals surface area contributed by atoms with Crippen molar-refractivity contribution in [1.29, 1.82) is 0 Å². The van der Waals surface area contributed by atoms with Crippen molar-refractivity contribution in [3.8, 4) is 0 Å². The summed E-state index contributed by atoms with van der Waals surface area (Å²) in [5.41, 5.74) is 3.98. The Labute approximate surface area is 275 Å². The van der Waals surface area contributed by atoms with E-state index in [4.69, 9.17) is 0 Å². The molecule has 0 fully saturated rings. The maximum absolute atomic E-state index is 14.6. The van der Waals surface area contributed by atoms with Gasteiger partial charge >= 0.3 is 0 Å². The zero-order valence-electron chi connectivity index (χ0n) is 26.1. The van der Waals surface area contributed by atoms with E-state index >= 15 is 0 Å². The molecule has 4 rings (SSSR count). The first kappa shape index (κ1) is 33.9. The van der Waals surface area contributed by atoms with Crippen molar-refractivity contribution < 1.29 is 18.0 Å². The highest BCUT2D eigenvalue weighted by molar-refractivity contribution is 9.10. The van der Waals surface area contributed by atoms with Crippen LogP contribution < -0.4 is 9.62 Å². The summed E-state index contributed by atoms with van der Waals surface area (Å²) in [6, 6.07) is 29.5. The lowest BCUT2D eigenvalue weighted by molar-refractivity contribution is -0.140. The smallest absolute Gasteiger partial charge is 0.264 e. The Kier molecular flexibility index (Phi) is 11.6. The van der Waals surface area contributed by atoms with Crippen LogP contribution >= 0.6 is 15.9 Å². The minimum absolute atomic E-state index is 0.0748. The Morgan fingerprint density at radius 1 is 0.822 bits per heavy atom. The fourth-order valence-corrected chi connectivity index (χ4v) is 6.60. The van der Waals surface area contributed by atoms with Gasteiger partial charge in [-0.3, -0.25) is 13.9 Å². The number of hydrogen-bond donors (Lipinski definition) is 1. The quantitative estimate of drug-likeness (QED) is 0.167. The molecule has 0 unspecified atom stereocenters. The first-order valence-electron chi connectivity index (χ1n) is 15.0. The van der Waals surface area contributed by atoms with Gasteiger partial charge in [0.1, 0.15) is 12.6 Å². The van der Waals surface area contributed by atoms with Crippen molar-refractivity contribution in [2.75, 3.05) is 10.8 Å². The molecule has 0 radical (unpaired) electrons. The molecule has 0 heterocycles. The van der Waals surface area contributed by atoms with Crippen LogP contribution in [-0.2, 0) is 32.6 Å². The molecule has 0 aliphatic heterocycles. The van der Waals surface area contributed by atoms with Crippen LogP contribution in [0.5, 0.6) is 0 Å². The number of amides is 2. The average Bonchev–Trinajstić information content (AvgIpc) is 3.04. The average molecular weight is 691 g/mol. The van der Waals surface area contributed by atoms with Gasteiger partial charge in [-0.15, -0.1) is 0 Å². The van der Waals surface area contributed by atoms with E-state index < -0.39 is 28.5 Å². The van der Waals surface area contributed by atoms with Crippen LogP contribution in [0.1, 0.15) is 42.5 Å². The summed E-state index contributed by atoms with van der Waals surface area (Å²) in [5.74, 6) is -0.779. The lowest BCUT2D eigenvalue weighted by atomic mass is 10.0. The zero-order valence-corrected chi connectivity index (χ0v) is 28.5. The molecule has 0 aromatic heterocycles. The molecule has 2 amide bonds. The largest absolute Gasteiger partial charge is 0.352 e. The number of anilines is 1. The van der Waals surface area contributed by atoms with E-state index in [9.17, 15) is 18.0 Å². The summed E-state index contributed by atoms with van der Waals surface area (Å²) < 4.78 is 30.3. The molecule has 0 bridgehead atoms. The third-order valence-electron chi connectivity index (χ3n) is 7.93. The normalized spacial score (nSPS) is 12.6. The van der Waals surface area contributed by atoms with E-state index in [0.29, 0.717) is 5.69 Å². The number of aryl methyl sites for hydroxylation is 2. The molecule has 9 heteroatoms. The van der Waals surface area contributed by atoms with Crippen molar-refractivity contribution in [3.05, 3.63) is 130 Å². The van der Waals surface area contributed by atoms with Crippen LogP contribution in [0, 0.1) is 13.8 Å². The number of carbonyl (C=O) groups is 2. The molecule has 1 N–H and O–H groups in total. The summed E-state index contributed by atoms with van der Waals surface area (Å²) in [4.78, 5) is 30.1.